The molecule has 29 heavy (non-hydrogen) atoms. The zero-order valence-electron chi connectivity index (χ0n) is 16.9. The van der Waals surface area contributed by atoms with Gasteiger partial charge in [-0.2, -0.15) is 0 Å². The monoisotopic (exact) mass is 396 g/mol. The van der Waals surface area contributed by atoms with E-state index >= 15 is 0 Å². The number of hydrogen-bond donors (Lipinski definition) is 1. The third-order valence-corrected chi connectivity index (χ3v) is 6.17. The number of amides is 1. The summed E-state index contributed by atoms with van der Waals surface area (Å²) in [6.07, 6.45) is 5.51. The fourth-order valence-corrected chi connectivity index (χ4v) is 4.79. The van der Waals surface area contributed by atoms with Gasteiger partial charge in [0.1, 0.15) is 11.6 Å². The molecule has 2 saturated heterocycles. The van der Waals surface area contributed by atoms with Crippen LogP contribution in [-0.2, 0) is 6.54 Å². The van der Waals surface area contributed by atoms with Crippen LogP contribution in [0.5, 0.6) is 5.75 Å². The van der Waals surface area contributed by atoms with Crippen molar-refractivity contribution in [3.05, 3.63) is 65.5 Å². The van der Waals surface area contributed by atoms with E-state index in [-0.39, 0.29) is 17.8 Å². The molecule has 5 heteroatoms. The molecule has 0 spiro atoms. The Morgan fingerprint density at radius 3 is 2.34 bits per heavy atom. The van der Waals surface area contributed by atoms with Crippen molar-refractivity contribution in [2.24, 2.45) is 0 Å². The van der Waals surface area contributed by atoms with Gasteiger partial charge in [-0.1, -0.05) is 18.6 Å². The molecule has 154 valence electrons. The van der Waals surface area contributed by atoms with E-state index in [1.807, 2.05) is 43.3 Å². The summed E-state index contributed by atoms with van der Waals surface area (Å²) in [6, 6.07) is 15.3. The lowest BCUT2D eigenvalue weighted by molar-refractivity contribution is 0.0177. The number of carbonyl (C=O) groups is 1. The van der Waals surface area contributed by atoms with Gasteiger partial charge in [0.05, 0.1) is 6.61 Å². The summed E-state index contributed by atoms with van der Waals surface area (Å²) in [5.41, 5.74) is 1.83. The van der Waals surface area contributed by atoms with Gasteiger partial charge in [-0.05, 0) is 74.6 Å². The summed E-state index contributed by atoms with van der Waals surface area (Å²) in [7, 11) is 0. The van der Waals surface area contributed by atoms with E-state index in [1.54, 1.807) is 0 Å². The maximum absolute atomic E-state index is 13.2. The molecule has 4 nitrogen and oxygen atoms in total. The summed E-state index contributed by atoms with van der Waals surface area (Å²) in [6.45, 7) is 3.42. The second-order valence-corrected chi connectivity index (χ2v) is 8.14. The summed E-state index contributed by atoms with van der Waals surface area (Å²) >= 11 is 0. The number of carbonyl (C=O) groups excluding carboxylic acids is 1. The number of rotatable bonds is 6. The smallest absolute Gasteiger partial charge is 0.251 e. The molecule has 2 fully saturated rings. The first-order valence-corrected chi connectivity index (χ1v) is 10.7. The highest BCUT2D eigenvalue weighted by Gasteiger charge is 2.38. The number of halogens is 1. The number of ether oxygens (including phenoxy) is 1. The number of benzene rings is 2. The van der Waals surface area contributed by atoms with Crippen LogP contribution in [0.1, 0.15) is 54.9 Å². The van der Waals surface area contributed by atoms with Crippen molar-refractivity contribution in [3.63, 3.8) is 0 Å². The highest BCUT2D eigenvalue weighted by molar-refractivity contribution is 5.94. The van der Waals surface area contributed by atoms with Crippen LogP contribution in [0.15, 0.2) is 48.5 Å². The Morgan fingerprint density at radius 2 is 1.72 bits per heavy atom. The highest BCUT2D eigenvalue weighted by atomic mass is 19.1. The first kappa shape index (κ1) is 19.9. The molecule has 0 radical (unpaired) electrons. The molecule has 4 rings (SSSR count). The molecule has 0 saturated carbocycles. The maximum Gasteiger partial charge on any atom is 0.251 e. The average molecular weight is 397 g/mol. The SMILES string of the molecule is CCOc1ccc(C(=O)NC2C[C@H]3CCC[C@@H](C2)N3Cc2ccc(F)cc2)cc1. The predicted molar refractivity (Wildman–Crippen MR) is 111 cm³/mol. The quantitative estimate of drug-likeness (QED) is 0.779. The van der Waals surface area contributed by atoms with Gasteiger partial charge in [0, 0.05) is 30.2 Å². The number of fused-ring (bicyclic) bond motifs is 2. The van der Waals surface area contributed by atoms with Crippen LogP contribution < -0.4 is 10.1 Å². The van der Waals surface area contributed by atoms with Crippen molar-refractivity contribution < 1.29 is 13.9 Å². The molecule has 1 amide bonds. The molecule has 2 aromatic carbocycles. The van der Waals surface area contributed by atoms with Crippen molar-refractivity contribution in [3.8, 4) is 5.75 Å². The Bertz CT molecular complexity index is 808. The van der Waals surface area contributed by atoms with Gasteiger partial charge in [-0.15, -0.1) is 0 Å². The molecule has 2 heterocycles. The normalized spacial score (nSPS) is 24.1. The first-order valence-electron chi connectivity index (χ1n) is 10.7. The van der Waals surface area contributed by atoms with Crippen LogP contribution in [-0.4, -0.2) is 35.5 Å². The van der Waals surface area contributed by atoms with Gasteiger partial charge in [0.15, 0.2) is 0 Å². The molecular weight excluding hydrogens is 367 g/mol. The van der Waals surface area contributed by atoms with Gasteiger partial charge in [0.25, 0.3) is 5.91 Å². The van der Waals surface area contributed by atoms with Gasteiger partial charge in [-0.3, -0.25) is 9.69 Å². The average Bonchev–Trinajstić information content (AvgIpc) is 2.71. The Hall–Kier alpha value is -2.40. The second-order valence-electron chi connectivity index (χ2n) is 8.14. The topological polar surface area (TPSA) is 41.6 Å². The second kappa shape index (κ2) is 8.95. The molecule has 0 aromatic heterocycles. The van der Waals surface area contributed by atoms with E-state index in [4.69, 9.17) is 4.74 Å². The molecule has 0 aliphatic carbocycles. The molecule has 2 aliphatic heterocycles. The Balaban J connectivity index is 1.37. The molecule has 3 atom stereocenters. The van der Waals surface area contributed by atoms with E-state index in [9.17, 15) is 9.18 Å². The lowest BCUT2D eigenvalue weighted by atomic mass is 9.81. The van der Waals surface area contributed by atoms with Crippen molar-refractivity contribution in [2.45, 2.75) is 63.7 Å². The van der Waals surface area contributed by atoms with Crippen LogP contribution >= 0.6 is 0 Å². The van der Waals surface area contributed by atoms with Gasteiger partial charge in [-0.25, -0.2) is 4.39 Å². The number of nitrogens with one attached hydrogen (secondary N) is 1. The van der Waals surface area contributed by atoms with E-state index in [2.05, 4.69) is 10.2 Å². The Labute approximate surface area is 172 Å². The van der Waals surface area contributed by atoms with Gasteiger partial charge < -0.3 is 10.1 Å². The number of piperidine rings is 2. The van der Waals surface area contributed by atoms with E-state index in [1.165, 1.54) is 18.6 Å². The Kier molecular flexibility index (Phi) is 6.14. The lowest BCUT2D eigenvalue weighted by Crippen LogP contribution is -2.56. The Morgan fingerprint density at radius 1 is 1.07 bits per heavy atom. The largest absolute Gasteiger partial charge is 0.494 e. The van der Waals surface area contributed by atoms with E-state index in [0.29, 0.717) is 24.3 Å². The van der Waals surface area contributed by atoms with Crippen LogP contribution in [0.25, 0.3) is 0 Å². The van der Waals surface area contributed by atoms with Crippen molar-refractivity contribution >= 4 is 5.91 Å². The van der Waals surface area contributed by atoms with Crippen LogP contribution in [0.3, 0.4) is 0 Å². The summed E-state index contributed by atoms with van der Waals surface area (Å²) in [5, 5.41) is 3.25. The zero-order valence-corrected chi connectivity index (χ0v) is 16.9. The minimum atomic E-state index is -0.190. The standard InChI is InChI=1S/C24H29FN2O2/c1-2-29-23-12-8-18(9-13-23)24(28)26-20-14-21-4-3-5-22(15-20)27(21)16-17-6-10-19(25)11-7-17/h6-13,20-22H,2-5,14-16H2,1H3,(H,26,28)/t20?,21-,22+. The molecular formula is C24H29FN2O2. The molecule has 2 aromatic rings. The summed E-state index contributed by atoms with van der Waals surface area (Å²) < 4.78 is 18.7. The summed E-state index contributed by atoms with van der Waals surface area (Å²) in [5.74, 6) is 0.584. The van der Waals surface area contributed by atoms with Crippen LogP contribution in [0.4, 0.5) is 4.39 Å². The highest BCUT2D eigenvalue weighted by Crippen LogP contribution is 2.35. The maximum atomic E-state index is 13.2. The van der Waals surface area contributed by atoms with Crippen molar-refractivity contribution in [1.82, 2.24) is 10.2 Å². The fraction of sp³-hybridized carbons (Fsp3) is 0.458. The van der Waals surface area contributed by atoms with Gasteiger partial charge in [0.2, 0.25) is 0 Å². The minimum Gasteiger partial charge on any atom is -0.494 e. The van der Waals surface area contributed by atoms with E-state index in [0.717, 1.165) is 43.5 Å². The van der Waals surface area contributed by atoms with Crippen molar-refractivity contribution in [2.75, 3.05) is 6.61 Å². The third kappa shape index (κ3) is 4.78. The fourth-order valence-electron chi connectivity index (χ4n) is 4.79. The van der Waals surface area contributed by atoms with Crippen molar-refractivity contribution in [1.29, 1.82) is 0 Å². The first-order chi connectivity index (χ1) is 14.1. The van der Waals surface area contributed by atoms with E-state index < -0.39 is 0 Å². The molecule has 1 unspecified atom stereocenters. The lowest BCUT2D eigenvalue weighted by Gasteiger charge is -2.49. The molecule has 2 aliphatic rings. The van der Waals surface area contributed by atoms with Gasteiger partial charge >= 0.3 is 0 Å². The van der Waals surface area contributed by atoms with Crippen LogP contribution in [0, 0.1) is 5.82 Å². The molecule has 1 N–H and O–H groups in total. The summed E-state index contributed by atoms with van der Waals surface area (Å²) in [4.78, 5) is 15.3. The number of hydrogen-bond acceptors (Lipinski definition) is 3. The third-order valence-electron chi connectivity index (χ3n) is 6.17. The molecule has 2 bridgehead atoms. The predicted octanol–water partition coefficient (Wildman–Crippen LogP) is 4.54. The van der Waals surface area contributed by atoms with Crippen LogP contribution in [0.2, 0.25) is 0 Å². The zero-order chi connectivity index (χ0) is 20.2. The number of nitrogens with zero attached hydrogens (tertiary/aromatic N) is 1. The minimum absolute atomic E-state index is 0.0110.